The van der Waals surface area contributed by atoms with Gasteiger partial charge in [-0.2, -0.15) is 0 Å². The van der Waals surface area contributed by atoms with Crippen LogP contribution in [0.15, 0.2) is 0 Å². The first-order valence-electron chi connectivity index (χ1n) is 4.97. The zero-order valence-electron chi connectivity index (χ0n) is 8.34. The van der Waals surface area contributed by atoms with E-state index in [2.05, 4.69) is 18.7 Å². The van der Waals surface area contributed by atoms with Crippen molar-refractivity contribution in [1.82, 2.24) is 4.90 Å². The van der Waals surface area contributed by atoms with Crippen molar-refractivity contribution in [2.45, 2.75) is 39.7 Å². The summed E-state index contributed by atoms with van der Waals surface area (Å²) < 4.78 is 0. The third-order valence-electron chi connectivity index (χ3n) is 2.89. The van der Waals surface area contributed by atoms with Gasteiger partial charge in [0.2, 0.25) is 0 Å². The lowest BCUT2D eigenvalue weighted by molar-refractivity contribution is -0.123. The fourth-order valence-electron chi connectivity index (χ4n) is 2.11. The molecule has 0 aromatic heterocycles. The van der Waals surface area contributed by atoms with Crippen LogP contribution in [0.5, 0.6) is 0 Å². The number of Topliss-reactive ketones (excluding diaryl/α,β-unsaturated/α-hetero) is 1. The van der Waals surface area contributed by atoms with Crippen LogP contribution < -0.4 is 0 Å². The lowest BCUT2D eigenvalue weighted by Gasteiger charge is -2.23. The molecule has 0 amide bonds. The summed E-state index contributed by atoms with van der Waals surface area (Å²) in [6, 6.07) is 0.222. The Morgan fingerprint density at radius 3 is 2.67 bits per heavy atom. The first-order chi connectivity index (χ1) is 5.70. The van der Waals surface area contributed by atoms with Gasteiger partial charge in [0.05, 0.1) is 6.04 Å². The number of nitrogens with zero attached hydrogens (tertiary/aromatic N) is 1. The highest BCUT2D eigenvalue weighted by atomic mass is 16.1. The molecule has 0 aromatic carbocycles. The maximum atomic E-state index is 11.6. The minimum absolute atomic E-state index is 0.222. The highest BCUT2D eigenvalue weighted by molar-refractivity contribution is 5.84. The van der Waals surface area contributed by atoms with Crippen molar-refractivity contribution in [3.05, 3.63) is 0 Å². The predicted molar refractivity (Wildman–Crippen MR) is 50.1 cm³/mol. The summed E-state index contributed by atoms with van der Waals surface area (Å²) in [7, 11) is 0. The SMILES string of the molecule is CCC(=O)C1C(C)CCN1CC. The minimum atomic E-state index is 0.222. The number of hydrogen-bond donors (Lipinski definition) is 0. The van der Waals surface area contributed by atoms with E-state index in [4.69, 9.17) is 0 Å². The van der Waals surface area contributed by atoms with E-state index in [1.165, 1.54) is 6.42 Å². The first-order valence-corrected chi connectivity index (χ1v) is 4.97. The molecule has 12 heavy (non-hydrogen) atoms. The van der Waals surface area contributed by atoms with Gasteiger partial charge in [-0.15, -0.1) is 0 Å². The molecular formula is C10H19NO. The maximum absolute atomic E-state index is 11.6. The van der Waals surface area contributed by atoms with Gasteiger partial charge in [0.25, 0.3) is 0 Å². The van der Waals surface area contributed by atoms with Crippen LogP contribution in [0.1, 0.15) is 33.6 Å². The standard InChI is InChI=1S/C10H19NO/c1-4-9(12)10-8(3)6-7-11(10)5-2/h8,10H,4-7H2,1-3H3. The Kier molecular flexibility index (Phi) is 3.27. The van der Waals surface area contributed by atoms with Crippen molar-refractivity contribution in [2.75, 3.05) is 13.1 Å². The fourth-order valence-corrected chi connectivity index (χ4v) is 2.11. The third kappa shape index (κ3) is 1.69. The van der Waals surface area contributed by atoms with E-state index in [0.717, 1.165) is 13.1 Å². The highest BCUT2D eigenvalue weighted by Gasteiger charge is 2.34. The molecule has 1 saturated heterocycles. The molecule has 2 nitrogen and oxygen atoms in total. The van der Waals surface area contributed by atoms with E-state index in [-0.39, 0.29) is 6.04 Å². The van der Waals surface area contributed by atoms with Gasteiger partial charge >= 0.3 is 0 Å². The second-order valence-electron chi connectivity index (χ2n) is 3.66. The summed E-state index contributed by atoms with van der Waals surface area (Å²) in [5, 5.41) is 0. The van der Waals surface area contributed by atoms with Gasteiger partial charge in [0, 0.05) is 6.42 Å². The van der Waals surface area contributed by atoms with E-state index in [0.29, 0.717) is 18.1 Å². The van der Waals surface area contributed by atoms with Gasteiger partial charge in [-0.05, 0) is 25.4 Å². The van der Waals surface area contributed by atoms with Crippen molar-refractivity contribution < 1.29 is 4.79 Å². The largest absolute Gasteiger partial charge is 0.298 e. The summed E-state index contributed by atoms with van der Waals surface area (Å²) in [5.41, 5.74) is 0. The van der Waals surface area contributed by atoms with E-state index in [9.17, 15) is 4.79 Å². The zero-order chi connectivity index (χ0) is 9.14. The Labute approximate surface area is 74.9 Å². The van der Waals surface area contributed by atoms with Crippen LogP contribution in [0.4, 0.5) is 0 Å². The van der Waals surface area contributed by atoms with E-state index >= 15 is 0 Å². The lowest BCUT2D eigenvalue weighted by Crippen LogP contribution is -2.38. The van der Waals surface area contributed by atoms with Gasteiger partial charge in [-0.1, -0.05) is 20.8 Å². The molecule has 0 bridgehead atoms. The Morgan fingerprint density at radius 1 is 1.50 bits per heavy atom. The summed E-state index contributed by atoms with van der Waals surface area (Å²) in [4.78, 5) is 13.9. The highest BCUT2D eigenvalue weighted by Crippen LogP contribution is 2.24. The lowest BCUT2D eigenvalue weighted by atomic mass is 9.98. The molecular weight excluding hydrogens is 150 g/mol. The second kappa shape index (κ2) is 4.04. The monoisotopic (exact) mass is 169 g/mol. The molecule has 1 aliphatic rings. The number of hydrogen-bond acceptors (Lipinski definition) is 2. The van der Waals surface area contributed by atoms with E-state index in [1.807, 2.05) is 6.92 Å². The molecule has 0 saturated carbocycles. The molecule has 2 heteroatoms. The molecule has 2 unspecified atom stereocenters. The Morgan fingerprint density at radius 2 is 2.17 bits per heavy atom. The van der Waals surface area contributed by atoms with Crippen molar-refractivity contribution in [3.63, 3.8) is 0 Å². The molecule has 1 rings (SSSR count). The van der Waals surface area contributed by atoms with Crippen LogP contribution in [-0.4, -0.2) is 29.8 Å². The number of rotatable bonds is 3. The van der Waals surface area contributed by atoms with E-state index < -0.39 is 0 Å². The first kappa shape index (κ1) is 9.72. The molecule has 1 fully saturated rings. The van der Waals surface area contributed by atoms with Gasteiger partial charge in [0.1, 0.15) is 5.78 Å². The number of carbonyl (C=O) groups is 1. The van der Waals surface area contributed by atoms with E-state index in [1.54, 1.807) is 0 Å². The molecule has 2 atom stereocenters. The number of ketones is 1. The molecule has 1 heterocycles. The topological polar surface area (TPSA) is 20.3 Å². The summed E-state index contributed by atoms with van der Waals surface area (Å²) in [6.07, 6.45) is 1.87. The van der Waals surface area contributed by atoms with Crippen LogP contribution in [0.2, 0.25) is 0 Å². The van der Waals surface area contributed by atoms with Crippen LogP contribution in [0, 0.1) is 5.92 Å². The average molecular weight is 169 g/mol. The van der Waals surface area contributed by atoms with Crippen molar-refractivity contribution >= 4 is 5.78 Å². The quantitative estimate of drug-likeness (QED) is 0.641. The summed E-state index contributed by atoms with van der Waals surface area (Å²) in [5.74, 6) is 0.985. The normalized spacial score (nSPS) is 30.9. The Balaban J connectivity index is 2.63. The van der Waals surface area contributed by atoms with Crippen LogP contribution in [0.25, 0.3) is 0 Å². The number of likely N-dealkylation sites (tertiary alicyclic amines) is 1. The molecule has 0 aliphatic carbocycles. The molecule has 0 N–H and O–H groups in total. The smallest absolute Gasteiger partial charge is 0.149 e. The molecule has 1 aliphatic heterocycles. The molecule has 0 spiro atoms. The average Bonchev–Trinajstić information content (AvgIpc) is 2.45. The van der Waals surface area contributed by atoms with Gasteiger partial charge in [-0.25, -0.2) is 0 Å². The Bertz CT molecular complexity index is 167. The summed E-state index contributed by atoms with van der Waals surface area (Å²) in [6.45, 7) is 8.40. The molecule has 70 valence electrons. The Hall–Kier alpha value is -0.370. The fraction of sp³-hybridized carbons (Fsp3) is 0.900. The van der Waals surface area contributed by atoms with Gasteiger partial charge in [-0.3, -0.25) is 9.69 Å². The van der Waals surface area contributed by atoms with Crippen LogP contribution >= 0.6 is 0 Å². The molecule has 0 radical (unpaired) electrons. The van der Waals surface area contributed by atoms with Crippen molar-refractivity contribution in [2.24, 2.45) is 5.92 Å². The number of likely N-dealkylation sites (N-methyl/N-ethyl adjacent to an activating group) is 1. The summed E-state index contributed by atoms with van der Waals surface area (Å²) >= 11 is 0. The minimum Gasteiger partial charge on any atom is -0.298 e. The number of carbonyl (C=O) groups excluding carboxylic acids is 1. The second-order valence-corrected chi connectivity index (χ2v) is 3.66. The zero-order valence-corrected chi connectivity index (χ0v) is 8.34. The molecule has 0 aromatic rings. The third-order valence-corrected chi connectivity index (χ3v) is 2.89. The van der Waals surface area contributed by atoms with Crippen LogP contribution in [-0.2, 0) is 4.79 Å². The van der Waals surface area contributed by atoms with Crippen molar-refractivity contribution in [3.8, 4) is 0 Å². The van der Waals surface area contributed by atoms with Gasteiger partial charge < -0.3 is 0 Å². The van der Waals surface area contributed by atoms with Crippen molar-refractivity contribution in [1.29, 1.82) is 0 Å². The predicted octanol–water partition coefficient (Wildman–Crippen LogP) is 1.70. The maximum Gasteiger partial charge on any atom is 0.149 e. The van der Waals surface area contributed by atoms with Crippen LogP contribution in [0.3, 0.4) is 0 Å². The van der Waals surface area contributed by atoms with Gasteiger partial charge in [0.15, 0.2) is 0 Å².